The van der Waals surface area contributed by atoms with Crippen molar-refractivity contribution in [3.8, 4) is 28.2 Å². The number of hydrogen-bond donors (Lipinski definition) is 0. The van der Waals surface area contributed by atoms with Crippen LogP contribution < -0.4 is 0 Å². The second kappa shape index (κ2) is 10.4. The van der Waals surface area contributed by atoms with Crippen molar-refractivity contribution < 1.29 is 20.1 Å². The predicted molar refractivity (Wildman–Crippen MR) is 169 cm³/mol. The number of rotatable bonds is 3. The maximum absolute atomic E-state index is 5.49. The molecule has 1 aromatic heterocycles. The molecule has 0 fully saturated rings. The molecule has 7 rings (SSSR count). The average Bonchev–Trinajstić information content (AvgIpc) is 3.33. The maximum Gasteiger partial charge on any atom is 0.135 e. The van der Waals surface area contributed by atoms with Crippen LogP contribution in [0.1, 0.15) is 27.8 Å². The molecule has 0 aliphatic heterocycles. The largest absolute Gasteiger partial charge is 0.301 e. The molecule has 0 spiro atoms. The zero-order valence-corrected chi connectivity index (χ0v) is 26.4. The van der Waals surface area contributed by atoms with Crippen molar-refractivity contribution in [3.05, 3.63) is 131 Å². The minimum atomic E-state index is 0. The molecular weight excluding hydrogens is 677 g/mol. The second-order valence-electron chi connectivity index (χ2n) is 11.0. The van der Waals surface area contributed by atoms with Crippen LogP contribution in [-0.4, -0.2) is 9.55 Å². The van der Waals surface area contributed by atoms with E-state index in [1.165, 1.54) is 55.1 Å². The molecule has 1 radical (unpaired) electrons. The summed E-state index contributed by atoms with van der Waals surface area (Å²) in [6, 6.07) is 38.4. The number of benzene rings is 6. The molecule has 6 aromatic carbocycles. The van der Waals surface area contributed by atoms with Gasteiger partial charge in [-0.3, -0.25) is 4.98 Å². The van der Waals surface area contributed by atoms with Crippen LogP contribution in [-0.2, 0) is 20.1 Å². The van der Waals surface area contributed by atoms with E-state index in [0.717, 1.165) is 33.5 Å². The predicted octanol–water partition coefficient (Wildman–Crippen LogP) is 10.0. The Morgan fingerprint density at radius 1 is 0.610 bits per heavy atom. The van der Waals surface area contributed by atoms with Crippen LogP contribution >= 0.6 is 0 Å². The molecule has 3 heteroatoms. The van der Waals surface area contributed by atoms with Gasteiger partial charge in [-0.2, -0.15) is 0 Å². The van der Waals surface area contributed by atoms with E-state index >= 15 is 0 Å². The van der Waals surface area contributed by atoms with Crippen molar-refractivity contribution in [2.75, 3.05) is 0 Å². The molecule has 0 N–H and O–H groups in total. The minimum Gasteiger partial charge on any atom is -0.301 e. The summed E-state index contributed by atoms with van der Waals surface area (Å²) < 4.78 is 2.39. The fraction of sp³-hybridized carbons (Fsp3) is 0.132. The van der Waals surface area contributed by atoms with Crippen LogP contribution in [0.5, 0.6) is 0 Å². The van der Waals surface area contributed by atoms with Gasteiger partial charge in [0.15, 0.2) is 0 Å². The first-order chi connectivity index (χ1) is 19.4. The Bertz CT molecular complexity index is 2120. The Morgan fingerprint density at radius 3 is 1.93 bits per heavy atom. The number of aryl methyl sites for hydroxylation is 5. The molecule has 203 valence electrons. The Kier molecular flexibility index (Phi) is 6.90. The first-order valence-electron chi connectivity index (χ1n) is 13.9. The quantitative estimate of drug-likeness (QED) is 0.132. The van der Waals surface area contributed by atoms with E-state index in [4.69, 9.17) is 4.98 Å². The topological polar surface area (TPSA) is 17.8 Å². The molecule has 0 aliphatic carbocycles. The minimum absolute atomic E-state index is 0. The van der Waals surface area contributed by atoms with Gasteiger partial charge < -0.3 is 4.57 Å². The van der Waals surface area contributed by atoms with Crippen molar-refractivity contribution in [2.45, 2.75) is 34.6 Å². The van der Waals surface area contributed by atoms with Crippen LogP contribution in [0.15, 0.2) is 97.1 Å². The van der Waals surface area contributed by atoms with Gasteiger partial charge in [0.2, 0.25) is 0 Å². The second-order valence-corrected chi connectivity index (χ2v) is 11.0. The van der Waals surface area contributed by atoms with Gasteiger partial charge in [0.1, 0.15) is 5.82 Å². The first-order valence-corrected chi connectivity index (χ1v) is 13.9. The molecule has 0 atom stereocenters. The summed E-state index contributed by atoms with van der Waals surface area (Å²) in [4.78, 5) is 5.49. The van der Waals surface area contributed by atoms with Gasteiger partial charge in [-0.05, 0) is 73.9 Å². The fourth-order valence-corrected chi connectivity index (χ4v) is 6.42. The van der Waals surface area contributed by atoms with Crippen LogP contribution in [0, 0.1) is 40.7 Å². The molecule has 0 bridgehead atoms. The summed E-state index contributed by atoms with van der Waals surface area (Å²) in [5, 5.41) is 4.78. The zero-order valence-electron chi connectivity index (χ0n) is 24.0. The normalized spacial score (nSPS) is 11.3. The van der Waals surface area contributed by atoms with Crippen LogP contribution in [0.2, 0.25) is 0 Å². The van der Waals surface area contributed by atoms with E-state index < -0.39 is 0 Å². The smallest absolute Gasteiger partial charge is 0.135 e. The van der Waals surface area contributed by atoms with E-state index in [1.54, 1.807) is 0 Å². The number of nitrogens with zero attached hydrogens (tertiary/aromatic N) is 2. The van der Waals surface area contributed by atoms with E-state index in [2.05, 4.69) is 142 Å². The monoisotopic (exact) mass is 708 g/mol. The molecule has 41 heavy (non-hydrogen) atoms. The summed E-state index contributed by atoms with van der Waals surface area (Å²) in [6.45, 7) is 11.0. The van der Waals surface area contributed by atoms with Gasteiger partial charge in [0.05, 0.1) is 0 Å². The molecule has 7 aromatic rings. The van der Waals surface area contributed by atoms with Gasteiger partial charge in [-0.1, -0.05) is 101 Å². The summed E-state index contributed by atoms with van der Waals surface area (Å²) in [5.41, 5.74) is 13.1. The Balaban J connectivity index is 0.00000302. The van der Waals surface area contributed by atoms with Crippen molar-refractivity contribution in [3.63, 3.8) is 0 Å². The zero-order chi connectivity index (χ0) is 27.5. The number of fused-ring (bicyclic) bond motifs is 6. The van der Waals surface area contributed by atoms with Crippen LogP contribution in [0.4, 0.5) is 0 Å². The van der Waals surface area contributed by atoms with Gasteiger partial charge >= 0.3 is 0 Å². The molecule has 0 saturated heterocycles. The van der Waals surface area contributed by atoms with Crippen LogP contribution in [0.25, 0.3) is 60.8 Å². The molecular formula is C38H31IrN2-. The molecule has 2 nitrogen and oxygen atoms in total. The third-order valence-corrected chi connectivity index (χ3v) is 8.27. The van der Waals surface area contributed by atoms with Gasteiger partial charge in [0, 0.05) is 42.4 Å². The van der Waals surface area contributed by atoms with E-state index in [-0.39, 0.29) is 20.1 Å². The number of imidazole rings is 1. The standard InChI is InChI=1S/C38H31N2.Ir/c1-23-21-27(5)34-32(22-23)35-30(28-16-9-6-13-24(28)2)18-12-19-31(35)36-37(34)40(33-20-11-8-15-26(33)4)38(39-36)29-17-10-7-14-25(29)3;/h6-18,20-22H,1-5H3;/q-1;. The van der Waals surface area contributed by atoms with Crippen molar-refractivity contribution in [2.24, 2.45) is 0 Å². The van der Waals surface area contributed by atoms with Gasteiger partial charge in [0.25, 0.3) is 0 Å². The SMILES string of the molecule is Cc1cc(C)c2c(c1)c1c(-c3ccccc3C)cc[c-]c1c1nc(-c3ccccc3C)n(-c3ccccc3C)c12.[Ir]. The maximum atomic E-state index is 5.49. The molecule has 0 amide bonds. The Hall–Kier alpha value is -4.04. The number of hydrogen-bond acceptors (Lipinski definition) is 1. The van der Waals surface area contributed by atoms with Gasteiger partial charge in [-0.15, -0.1) is 23.6 Å². The third-order valence-electron chi connectivity index (χ3n) is 8.27. The molecule has 0 aliphatic rings. The number of para-hydroxylation sites is 1. The van der Waals surface area contributed by atoms with Crippen molar-refractivity contribution in [1.29, 1.82) is 0 Å². The molecule has 0 saturated carbocycles. The third kappa shape index (κ3) is 4.23. The summed E-state index contributed by atoms with van der Waals surface area (Å²) in [5.74, 6) is 0.964. The Labute approximate surface area is 255 Å². The summed E-state index contributed by atoms with van der Waals surface area (Å²) in [7, 11) is 0. The van der Waals surface area contributed by atoms with E-state index in [1.807, 2.05) is 0 Å². The average molecular weight is 708 g/mol. The summed E-state index contributed by atoms with van der Waals surface area (Å²) >= 11 is 0. The Morgan fingerprint density at radius 2 is 1.24 bits per heavy atom. The van der Waals surface area contributed by atoms with Crippen molar-refractivity contribution >= 4 is 32.6 Å². The van der Waals surface area contributed by atoms with E-state index in [0.29, 0.717) is 0 Å². The number of aromatic nitrogens is 2. The van der Waals surface area contributed by atoms with Gasteiger partial charge in [-0.25, -0.2) is 0 Å². The van der Waals surface area contributed by atoms with E-state index in [9.17, 15) is 0 Å². The van der Waals surface area contributed by atoms with Crippen molar-refractivity contribution in [1.82, 2.24) is 9.55 Å². The molecule has 1 heterocycles. The first kappa shape index (κ1) is 27.1. The summed E-state index contributed by atoms with van der Waals surface area (Å²) in [6.07, 6.45) is 0. The van der Waals surface area contributed by atoms with Crippen LogP contribution in [0.3, 0.4) is 0 Å². The molecule has 0 unspecified atom stereocenters. The fourth-order valence-electron chi connectivity index (χ4n) is 6.42.